The van der Waals surface area contributed by atoms with Crippen LogP contribution in [0, 0.1) is 5.82 Å². The molecule has 0 saturated carbocycles. The van der Waals surface area contributed by atoms with Crippen molar-refractivity contribution in [2.45, 2.75) is 32.9 Å². The molecule has 0 aliphatic heterocycles. The summed E-state index contributed by atoms with van der Waals surface area (Å²) in [5.74, 6) is -0.791. The quantitative estimate of drug-likeness (QED) is 0.942. The van der Waals surface area contributed by atoms with E-state index in [1.165, 1.54) is 22.9 Å². The van der Waals surface area contributed by atoms with Crippen molar-refractivity contribution in [1.82, 2.24) is 9.55 Å². The van der Waals surface area contributed by atoms with Crippen molar-refractivity contribution in [3.8, 4) is 11.6 Å². The number of nitrogens with two attached hydrogens (primary N) is 1. The van der Waals surface area contributed by atoms with Crippen molar-refractivity contribution < 1.29 is 9.13 Å². The maximum Gasteiger partial charge on any atom is 0.314 e. The first-order valence-electron chi connectivity index (χ1n) is 6.57. The highest BCUT2D eigenvalue weighted by atomic mass is 19.1. The van der Waals surface area contributed by atoms with E-state index in [4.69, 9.17) is 10.5 Å². The molecule has 1 heterocycles. The summed E-state index contributed by atoms with van der Waals surface area (Å²) in [6, 6.07) is 4.36. The van der Waals surface area contributed by atoms with Gasteiger partial charge in [-0.3, -0.25) is 4.79 Å². The molecule has 0 bridgehead atoms. The molecule has 0 saturated heterocycles. The van der Waals surface area contributed by atoms with Crippen LogP contribution < -0.4 is 16.0 Å². The van der Waals surface area contributed by atoms with Gasteiger partial charge in [0, 0.05) is 24.5 Å². The Bertz CT molecular complexity index is 705. The maximum absolute atomic E-state index is 13.9. The van der Waals surface area contributed by atoms with E-state index in [-0.39, 0.29) is 18.2 Å². The monoisotopic (exact) mass is 291 g/mol. The molecule has 5 nitrogen and oxygen atoms in total. The molecule has 1 aromatic carbocycles. The minimum atomic E-state index is -0.578. The predicted molar refractivity (Wildman–Crippen MR) is 77.9 cm³/mol. The molecule has 2 aromatic rings. The van der Waals surface area contributed by atoms with Crippen LogP contribution in [0.5, 0.6) is 11.6 Å². The Balaban J connectivity index is 2.39. The van der Waals surface area contributed by atoms with E-state index in [0.29, 0.717) is 5.56 Å². The highest BCUT2D eigenvalue weighted by Crippen LogP contribution is 2.22. The fourth-order valence-corrected chi connectivity index (χ4v) is 1.85. The molecule has 6 heteroatoms. The van der Waals surface area contributed by atoms with Gasteiger partial charge in [0.1, 0.15) is 0 Å². The zero-order chi connectivity index (χ0) is 15.6. The smallest absolute Gasteiger partial charge is 0.314 e. The van der Waals surface area contributed by atoms with Gasteiger partial charge < -0.3 is 15.0 Å². The average molecular weight is 291 g/mol. The molecule has 21 heavy (non-hydrogen) atoms. The van der Waals surface area contributed by atoms with E-state index < -0.39 is 16.9 Å². The summed E-state index contributed by atoms with van der Waals surface area (Å²) < 4.78 is 20.7. The Hall–Kier alpha value is -2.21. The lowest BCUT2D eigenvalue weighted by atomic mass is 10.1. The van der Waals surface area contributed by atoms with Gasteiger partial charge in [0.05, 0.1) is 0 Å². The molecule has 0 aliphatic rings. The molecular formula is C15H18FN3O2. The standard InChI is InChI=1S/C15H18FN3O2/c1-15(2,3)19-7-6-18-13(14(19)20)21-12-5-4-10(9-17)8-11(12)16/h4-8H,9,17H2,1-3H3. The zero-order valence-corrected chi connectivity index (χ0v) is 12.3. The van der Waals surface area contributed by atoms with Gasteiger partial charge in [0.15, 0.2) is 11.6 Å². The second kappa shape index (κ2) is 5.65. The van der Waals surface area contributed by atoms with Crippen LogP contribution in [-0.4, -0.2) is 9.55 Å². The number of nitrogens with zero attached hydrogens (tertiary/aromatic N) is 2. The van der Waals surface area contributed by atoms with Gasteiger partial charge >= 0.3 is 5.56 Å². The van der Waals surface area contributed by atoms with Gasteiger partial charge in [0.25, 0.3) is 5.88 Å². The third-order valence-corrected chi connectivity index (χ3v) is 2.97. The third-order valence-electron chi connectivity index (χ3n) is 2.97. The van der Waals surface area contributed by atoms with E-state index in [1.807, 2.05) is 20.8 Å². The van der Waals surface area contributed by atoms with Gasteiger partial charge in [0.2, 0.25) is 0 Å². The van der Waals surface area contributed by atoms with E-state index >= 15 is 0 Å². The fraction of sp³-hybridized carbons (Fsp3) is 0.333. The van der Waals surface area contributed by atoms with Crippen LogP contribution in [0.2, 0.25) is 0 Å². The molecule has 0 fully saturated rings. The van der Waals surface area contributed by atoms with Crippen molar-refractivity contribution in [3.63, 3.8) is 0 Å². The summed E-state index contributed by atoms with van der Waals surface area (Å²) in [7, 11) is 0. The molecule has 0 unspecified atom stereocenters. The average Bonchev–Trinajstić information content (AvgIpc) is 2.41. The molecule has 2 rings (SSSR count). The van der Waals surface area contributed by atoms with Gasteiger partial charge in [-0.05, 0) is 38.5 Å². The first-order valence-corrected chi connectivity index (χ1v) is 6.57. The van der Waals surface area contributed by atoms with Crippen molar-refractivity contribution >= 4 is 0 Å². The minimum absolute atomic E-state index is 0.0524. The van der Waals surface area contributed by atoms with Gasteiger partial charge in [-0.25, -0.2) is 9.37 Å². The Morgan fingerprint density at radius 2 is 2.10 bits per heavy atom. The lowest BCUT2D eigenvalue weighted by molar-refractivity contribution is 0.358. The van der Waals surface area contributed by atoms with Crippen LogP contribution in [0.25, 0.3) is 0 Å². The van der Waals surface area contributed by atoms with E-state index in [2.05, 4.69) is 4.98 Å². The summed E-state index contributed by atoms with van der Waals surface area (Å²) in [6.07, 6.45) is 3.03. The van der Waals surface area contributed by atoms with Crippen LogP contribution in [0.1, 0.15) is 26.3 Å². The lowest BCUT2D eigenvalue weighted by Gasteiger charge is -2.22. The summed E-state index contributed by atoms with van der Waals surface area (Å²) in [6.45, 7) is 5.88. The molecule has 0 amide bonds. The summed E-state index contributed by atoms with van der Waals surface area (Å²) >= 11 is 0. The maximum atomic E-state index is 13.9. The second-order valence-electron chi connectivity index (χ2n) is 5.65. The highest BCUT2D eigenvalue weighted by Gasteiger charge is 2.18. The molecule has 0 atom stereocenters. The van der Waals surface area contributed by atoms with Crippen LogP contribution in [-0.2, 0) is 12.1 Å². The van der Waals surface area contributed by atoms with E-state index in [9.17, 15) is 9.18 Å². The number of hydrogen-bond acceptors (Lipinski definition) is 4. The normalized spacial score (nSPS) is 11.5. The van der Waals surface area contributed by atoms with Crippen molar-refractivity contribution in [2.24, 2.45) is 5.73 Å². The number of hydrogen-bond donors (Lipinski definition) is 1. The molecule has 112 valence electrons. The second-order valence-corrected chi connectivity index (χ2v) is 5.65. The van der Waals surface area contributed by atoms with Crippen molar-refractivity contribution in [2.75, 3.05) is 0 Å². The number of rotatable bonds is 3. The lowest BCUT2D eigenvalue weighted by Crippen LogP contribution is -2.34. The Morgan fingerprint density at radius 1 is 1.38 bits per heavy atom. The van der Waals surface area contributed by atoms with Crippen LogP contribution >= 0.6 is 0 Å². The van der Waals surface area contributed by atoms with E-state index in [0.717, 1.165) is 0 Å². The van der Waals surface area contributed by atoms with Crippen LogP contribution in [0.15, 0.2) is 35.4 Å². The minimum Gasteiger partial charge on any atom is -0.432 e. The third kappa shape index (κ3) is 3.28. The van der Waals surface area contributed by atoms with Crippen LogP contribution in [0.3, 0.4) is 0 Å². The molecule has 2 N–H and O–H groups in total. The van der Waals surface area contributed by atoms with Crippen molar-refractivity contribution in [1.29, 1.82) is 0 Å². The molecule has 1 aromatic heterocycles. The topological polar surface area (TPSA) is 70.1 Å². The van der Waals surface area contributed by atoms with Crippen LogP contribution in [0.4, 0.5) is 4.39 Å². The van der Waals surface area contributed by atoms with E-state index in [1.54, 1.807) is 12.3 Å². The summed E-state index contributed by atoms with van der Waals surface area (Å²) in [5, 5.41) is 0. The number of halogens is 1. The number of benzene rings is 1. The molecular weight excluding hydrogens is 273 g/mol. The first kappa shape index (κ1) is 15.2. The Kier molecular flexibility index (Phi) is 4.09. The summed E-state index contributed by atoms with van der Waals surface area (Å²) in [4.78, 5) is 16.2. The molecule has 0 aliphatic carbocycles. The van der Waals surface area contributed by atoms with Gasteiger partial charge in [-0.1, -0.05) is 6.07 Å². The molecule has 0 spiro atoms. The largest absolute Gasteiger partial charge is 0.432 e. The van der Waals surface area contributed by atoms with Gasteiger partial charge in [-0.15, -0.1) is 0 Å². The van der Waals surface area contributed by atoms with Gasteiger partial charge in [-0.2, -0.15) is 0 Å². The fourth-order valence-electron chi connectivity index (χ4n) is 1.85. The first-order chi connectivity index (χ1) is 9.82. The summed E-state index contributed by atoms with van der Waals surface area (Å²) in [5.41, 5.74) is 5.26. The zero-order valence-electron chi connectivity index (χ0n) is 12.3. The Morgan fingerprint density at radius 3 is 2.67 bits per heavy atom. The predicted octanol–water partition coefficient (Wildman–Crippen LogP) is 2.39. The highest BCUT2D eigenvalue weighted by molar-refractivity contribution is 5.31. The number of aromatic nitrogens is 2. The SMILES string of the molecule is CC(C)(C)n1ccnc(Oc2ccc(CN)cc2F)c1=O. The number of ether oxygens (including phenoxy) is 1. The Labute approximate surface area is 122 Å². The molecule has 0 radical (unpaired) electrons. The van der Waals surface area contributed by atoms with Crippen molar-refractivity contribution in [3.05, 3.63) is 52.3 Å².